The van der Waals surface area contributed by atoms with Crippen molar-refractivity contribution < 1.29 is 9.84 Å². The molecule has 0 aromatic heterocycles. The minimum atomic E-state index is -0.490. The predicted octanol–water partition coefficient (Wildman–Crippen LogP) is 3.91. The molecule has 1 aliphatic heterocycles. The van der Waals surface area contributed by atoms with Gasteiger partial charge in [-0.05, 0) is 32.6 Å². The molecule has 1 fully saturated rings. The maximum absolute atomic E-state index is 10.7. The van der Waals surface area contributed by atoms with E-state index < -0.39 is 5.60 Å². The fourth-order valence-electron chi connectivity index (χ4n) is 3.10. The molecular weight excluding hydrogens is 212 g/mol. The maximum atomic E-state index is 10.7. The normalized spacial score (nSPS) is 30.2. The van der Waals surface area contributed by atoms with E-state index in [9.17, 15) is 5.11 Å². The first-order chi connectivity index (χ1) is 7.91. The molecular formula is C15H30O2. The summed E-state index contributed by atoms with van der Waals surface area (Å²) in [4.78, 5) is 0. The van der Waals surface area contributed by atoms with E-state index in [-0.39, 0.29) is 5.60 Å². The van der Waals surface area contributed by atoms with Crippen LogP contribution in [0.3, 0.4) is 0 Å². The molecule has 0 saturated carbocycles. The van der Waals surface area contributed by atoms with Crippen molar-refractivity contribution in [3.8, 4) is 0 Å². The van der Waals surface area contributed by atoms with E-state index in [2.05, 4.69) is 27.7 Å². The van der Waals surface area contributed by atoms with Crippen LogP contribution < -0.4 is 0 Å². The molecule has 17 heavy (non-hydrogen) atoms. The highest BCUT2D eigenvalue weighted by molar-refractivity contribution is 4.91. The molecule has 0 radical (unpaired) electrons. The van der Waals surface area contributed by atoms with Crippen LogP contribution in [-0.2, 0) is 4.74 Å². The summed E-state index contributed by atoms with van der Waals surface area (Å²) in [5.41, 5.74) is -0.647. The van der Waals surface area contributed by atoms with E-state index in [1.165, 1.54) is 25.7 Å². The lowest BCUT2D eigenvalue weighted by atomic mass is 9.77. The summed E-state index contributed by atoms with van der Waals surface area (Å²) in [6, 6.07) is 0. The smallest absolute Gasteiger partial charge is 0.0699 e. The summed E-state index contributed by atoms with van der Waals surface area (Å²) < 4.78 is 5.70. The van der Waals surface area contributed by atoms with Crippen LogP contribution in [0.15, 0.2) is 0 Å². The van der Waals surface area contributed by atoms with Gasteiger partial charge in [0, 0.05) is 6.42 Å². The Hall–Kier alpha value is -0.0800. The molecule has 1 saturated heterocycles. The second-order valence-corrected chi connectivity index (χ2v) is 6.38. The Morgan fingerprint density at radius 2 is 2.00 bits per heavy atom. The first-order valence-electron chi connectivity index (χ1n) is 7.27. The van der Waals surface area contributed by atoms with Gasteiger partial charge in [0.15, 0.2) is 0 Å². The van der Waals surface area contributed by atoms with Crippen LogP contribution in [0.5, 0.6) is 0 Å². The van der Waals surface area contributed by atoms with E-state index in [1.807, 2.05) is 0 Å². The van der Waals surface area contributed by atoms with Gasteiger partial charge in [0.05, 0.1) is 17.8 Å². The Labute approximate surface area is 107 Å². The van der Waals surface area contributed by atoms with Gasteiger partial charge in [-0.1, -0.05) is 39.5 Å². The minimum absolute atomic E-state index is 0.157. The Kier molecular flexibility index (Phi) is 5.46. The van der Waals surface area contributed by atoms with Gasteiger partial charge < -0.3 is 9.84 Å². The molecule has 2 heteroatoms. The Morgan fingerprint density at radius 1 is 1.29 bits per heavy atom. The highest BCUT2D eigenvalue weighted by Gasteiger charge is 2.40. The van der Waals surface area contributed by atoms with Crippen LogP contribution in [0, 0.1) is 5.92 Å². The van der Waals surface area contributed by atoms with Gasteiger partial charge in [0.2, 0.25) is 0 Å². The zero-order chi connectivity index (χ0) is 12.9. The second kappa shape index (κ2) is 6.19. The van der Waals surface area contributed by atoms with Gasteiger partial charge in [-0.2, -0.15) is 0 Å². The van der Waals surface area contributed by atoms with Crippen molar-refractivity contribution in [2.45, 2.75) is 83.8 Å². The fraction of sp³-hybridized carbons (Fsp3) is 1.00. The molecule has 2 unspecified atom stereocenters. The van der Waals surface area contributed by atoms with Crippen molar-refractivity contribution in [3.63, 3.8) is 0 Å². The quantitative estimate of drug-likeness (QED) is 0.765. The average molecular weight is 242 g/mol. The van der Waals surface area contributed by atoms with Crippen molar-refractivity contribution in [1.29, 1.82) is 0 Å². The Balaban J connectivity index is 2.51. The minimum Gasteiger partial charge on any atom is -0.390 e. The van der Waals surface area contributed by atoms with Crippen molar-refractivity contribution in [3.05, 3.63) is 0 Å². The lowest BCUT2D eigenvalue weighted by Gasteiger charge is -2.43. The molecule has 0 aromatic rings. The summed E-state index contributed by atoms with van der Waals surface area (Å²) >= 11 is 0. The van der Waals surface area contributed by atoms with E-state index in [4.69, 9.17) is 4.74 Å². The van der Waals surface area contributed by atoms with Crippen LogP contribution in [0.2, 0.25) is 0 Å². The van der Waals surface area contributed by atoms with Gasteiger partial charge in [-0.25, -0.2) is 0 Å². The summed E-state index contributed by atoms with van der Waals surface area (Å²) in [6.45, 7) is 9.36. The van der Waals surface area contributed by atoms with Crippen molar-refractivity contribution in [2.75, 3.05) is 6.61 Å². The first-order valence-corrected chi connectivity index (χ1v) is 7.27. The van der Waals surface area contributed by atoms with Gasteiger partial charge in [-0.3, -0.25) is 0 Å². The lowest BCUT2D eigenvalue weighted by molar-refractivity contribution is -0.151. The van der Waals surface area contributed by atoms with E-state index in [1.54, 1.807) is 0 Å². The second-order valence-electron chi connectivity index (χ2n) is 6.38. The van der Waals surface area contributed by atoms with Gasteiger partial charge >= 0.3 is 0 Å². The molecule has 102 valence electrons. The third-order valence-electron chi connectivity index (χ3n) is 4.03. The topological polar surface area (TPSA) is 29.5 Å². The fourth-order valence-corrected chi connectivity index (χ4v) is 3.10. The predicted molar refractivity (Wildman–Crippen MR) is 72.1 cm³/mol. The SMILES string of the molecule is CCCCC(CC)CC1(O)CCOC(C)(C)C1. The van der Waals surface area contributed by atoms with Crippen molar-refractivity contribution in [1.82, 2.24) is 0 Å². The first kappa shape index (κ1) is 15.0. The number of hydrogen-bond acceptors (Lipinski definition) is 2. The third-order valence-corrected chi connectivity index (χ3v) is 4.03. The zero-order valence-corrected chi connectivity index (χ0v) is 12.1. The number of rotatable bonds is 6. The van der Waals surface area contributed by atoms with Crippen LogP contribution in [-0.4, -0.2) is 22.9 Å². The number of ether oxygens (including phenoxy) is 1. The number of unbranched alkanes of at least 4 members (excludes halogenated alkanes) is 1. The lowest BCUT2D eigenvalue weighted by Crippen LogP contribution is -2.46. The number of hydrogen-bond donors (Lipinski definition) is 1. The molecule has 0 bridgehead atoms. The summed E-state index contributed by atoms with van der Waals surface area (Å²) in [6.07, 6.45) is 7.52. The largest absolute Gasteiger partial charge is 0.390 e. The summed E-state index contributed by atoms with van der Waals surface area (Å²) in [7, 11) is 0. The van der Waals surface area contributed by atoms with E-state index in [0.29, 0.717) is 12.5 Å². The molecule has 0 aliphatic carbocycles. The highest BCUT2D eigenvalue weighted by atomic mass is 16.5. The molecule has 1 rings (SSSR count). The molecule has 1 aliphatic rings. The molecule has 2 nitrogen and oxygen atoms in total. The monoisotopic (exact) mass is 242 g/mol. The maximum Gasteiger partial charge on any atom is 0.0699 e. The molecule has 1 heterocycles. The number of aliphatic hydroxyl groups is 1. The van der Waals surface area contributed by atoms with Crippen LogP contribution in [0.1, 0.15) is 72.6 Å². The van der Waals surface area contributed by atoms with Crippen molar-refractivity contribution >= 4 is 0 Å². The van der Waals surface area contributed by atoms with E-state index in [0.717, 1.165) is 19.3 Å². The highest BCUT2D eigenvalue weighted by Crippen LogP contribution is 2.37. The van der Waals surface area contributed by atoms with Gasteiger partial charge in [-0.15, -0.1) is 0 Å². The molecule has 0 amide bonds. The Morgan fingerprint density at radius 3 is 2.53 bits per heavy atom. The third kappa shape index (κ3) is 4.97. The standard InChI is InChI=1S/C15H30O2/c1-5-7-8-13(6-2)11-15(16)9-10-17-14(3,4)12-15/h13,16H,5-12H2,1-4H3. The Bertz CT molecular complexity index is 225. The van der Waals surface area contributed by atoms with Gasteiger partial charge in [0.1, 0.15) is 0 Å². The molecule has 0 spiro atoms. The van der Waals surface area contributed by atoms with Gasteiger partial charge in [0.25, 0.3) is 0 Å². The summed E-state index contributed by atoms with van der Waals surface area (Å²) in [5.74, 6) is 0.675. The zero-order valence-electron chi connectivity index (χ0n) is 12.1. The molecule has 0 aromatic carbocycles. The molecule has 2 atom stereocenters. The molecule has 1 N–H and O–H groups in total. The van der Waals surface area contributed by atoms with Crippen molar-refractivity contribution in [2.24, 2.45) is 5.92 Å². The van der Waals surface area contributed by atoms with Crippen LogP contribution in [0.25, 0.3) is 0 Å². The van der Waals surface area contributed by atoms with E-state index >= 15 is 0 Å². The summed E-state index contributed by atoms with van der Waals surface area (Å²) in [5, 5.41) is 10.7. The average Bonchev–Trinajstić information content (AvgIpc) is 2.22. The van der Waals surface area contributed by atoms with Crippen LogP contribution >= 0.6 is 0 Å². The van der Waals surface area contributed by atoms with Crippen LogP contribution in [0.4, 0.5) is 0 Å².